The molecule has 1 aliphatic heterocycles. The Kier molecular flexibility index (Phi) is 4.40. The Balaban J connectivity index is 2.08. The summed E-state index contributed by atoms with van der Waals surface area (Å²) in [6.07, 6.45) is 2.44. The van der Waals surface area contributed by atoms with Crippen molar-refractivity contribution in [2.24, 2.45) is 0 Å². The van der Waals surface area contributed by atoms with Crippen LogP contribution in [0.15, 0.2) is 24.3 Å². The third-order valence-corrected chi connectivity index (χ3v) is 3.08. The van der Waals surface area contributed by atoms with E-state index >= 15 is 0 Å². The van der Waals surface area contributed by atoms with Gasteiger partial charge in [-0.05, 0) is 25.3 Å². The highest BCUT2D eigenvalue weighted by Crippen LogP contribution is 2.28. The lowest BCUT2D eigenvalue weighted by atomic mass is 10.1. The number of hydrogen-bond acceptors (Lipinski definition) is 3. The summed E-state index contributed by atoms with van der Waals surface area (Å²) in [6.45, 7) is 3.45. The van der Waals surface area contributed by atoms with Gasteiger partial charge in [-0.1, -0.05) is 25.1 Å². The van der Waals surface area contributed by atoms with Gasteiger partial charge >= 0.3 is 0 Å². The number of benzene rings is 1. The van der Waals surface area contributed by atoms with Gasteiger partial charge in [-0.3, -0.25) is 0 Å². The van der Waals surface area contributed by atoms with E-state index < -0.39 is 6.10 Å². The molecule has 1 aliphatic rings. The average molecular weight is 236 g/mol. The Morgan fingerprint density at radius 3 is 3.00 bits per heavy atom. The maximum atomic E-state index is 9.93. The summed E-state index contributed by atoms with van der Waals surface area (Å²) in [7, 11) is 0. The summed E-state index contributed by atoms with van der Waals surface area (Å²) in [4.78, 5) is 0. The molecule has 1 aromatic carbocycles. The highest BCUT2D eigenvalue weighted by Gasteiger charge is 2.18. The molecule has 3 nitrogen and oxygen atoms in total. The van der Waals surface area contributed by atoms with Gasteiger partial charge < -0.3 is 14.6 Å². The van der Waals surface area contributed by atoms with E-state index in [1.807, 2.05) is 31.2 Å². The number of para-hydroxylation sites is 1. The molecule has 0 amide bonds. The van der Waals surface area contributed by atoms with Crippen LogP contribution in [0.4, 0.5) is 0 Å². The monoisotopic (exact) mass is 236 g/mol. The first-order valence-corrected chi connectivity index (χ1v) is 6.32. The first-order valence-electron chi connectivity index (χ1n) is 6.32. The van der Waals surface area contributed by atoms with Crippen molar-refractivity contribution in [3.63, 3.8) is 0 Å². The molecule has 0 saturated carbocycles. The van der Waals surface area contributed by atoms with Gasteiger partial charge in [0.05, 0.1) is 12.7 Å². The van der Waals surface area contributed by atoms with Gasteiger partial charge in [0, 0.05) is 12.2 Å². The number of aliphatic hydroxyl groups excluding tert-OH is 1. The van der Waals surface area contributed by atoms with E-state index in [0.717, 1.165) is 30.8 Å². The SMILES string of the molecule is CC[C@H](O)c1ccccc1OC1CCCOC1. The first-order chi connectivity index (χ1) is 8.31. The highest BCUT2D eigenvalue weighted by molar-refractivity contribution is 5.35. The van der Waals surface area contributed by atoms with Gasteiger partial charge in [-0.2, -0.15) is 0 Å². The minimum Gasteiger partial charge on any atom is -0.488 e. The lowest BCUT2D eigenvalue weighted by Crippen LogP contribution is -2.28. The fourth-order valence-electron chi connectivity index (χ4n) is 2.07. The number of rotatable bonds is 4. The molecule has 1 N–H and O–H groups in total. The number of ether oxygens (including phenoxy) is 2. The largest absolute Gasteiger partial charge is 0.488 e. The zero-order valence-electron chi connectivity index (χ0n) is 10.3. The van der Waals surface area contributed by atoms with Gasteiger partial charge in [0.2, 0.25) is 0 Å². The molecule has 1 saturated heterocycles. The molecule has 3 heteroatoms. The van der Waals surface area contributed by atoms with Gasteiger partial charge in [0.25, 0.3) is 0 Å². The summed E-state index contributed by atoms with van der Waals surface area (Å²) in [5.74, 6) is 0.789. The summed E-state index contributed by atoms with van der Waals surface area (Å²) < 4.78 is 11.3. The van der Waals surface area contributed by atoms with Crippen LogP contribution in [0.1, 0.15) is 37.9 Å². The second kappa shape index (κ2) is 6.03. The fourth-order valence-corrected chi connectivity index (χ4v) is 2.07. The van der Waals surface area contributed by atoms with Crippen molar-refractivity contribution in [2.45, 2.75) is 38.4 Å². The predicted octanol–water partition coefficient (Wildman–Crippen LogP) is 2.69. The molecule has 0 radical (unpaired) electrons. The van der Waals surface area contributed by atoms with Gasteiger partial charge in [0.1, 0.15) is 11.9 Å². The van der Waals surface area contributed by atoms with Crippen LogP contribution in [0.25, 0.3) is 0 Å². The van der Waals surface area contributed by atoms with E-state index in [4.69, 9.17) is 9.47 Å². The highest BCUT2D eigenvalue weighted by atomic mass is 16.5. The summed E-state index contributed by atoms with van der Waals surface area (Å²) >= 11 is 0. The van der Waals surface area contributed by atoms with Crippen LogP contribution < -0.4 is 4.74 Å². The fraction of sp³-hybridized carbons (Fsp3) is 0.571. The normalized spacial score (nSPS) is 22.1. The standard InChI is InChI=1S/C14H20O3/c1-2-13(15)12-7-3-4-8-14(12)17-11-6-5-9-16-10-11/h3-4,7-8,11,13,15H,2,5-6,9-10H2,1H3/t11?,13-/m0/s1. The Morgan fingerprint density at radius 1 is 1.47 bits per heavy atom. The molecule has 0 aromatic heterocycles. The van der Waals surface area contributed by atoms with E-state index in [9.17, 15) is 5.11 Å². The number of aliphatic hydroxyl groups is 1. The van der Waals surface area contributed by atoms with Crippen LogP contribution in [0.2, 0.25) is 0 Å². The van der Waals surface area contributed by atoms with E-state index in [1.54, 1.807) is 0 Å². The van der Waals surface area contributed by atoms with Crippen LogP contribution in [-0.4, -0.2) is 24.4 Å². The summed E-state index contributed by atoms with van der Waals surface area (Å²) in [6, 6.07) is 7.71. The van der Waals surface area contributed by atoms with Crippen LogP contribution in [-0.2, 0) is 4.74 Å². The molecule has 1 heterocycles. The lowest BCUT2D eigenvalue weighted by molar-refractivity contribution is 0.00593. The van der Waals surface area contributed by atoms with E-state index in [0.29, 0.717) is 13.0 Å². The van der Waals surface area contributed by atoms with Crippen LogP contribution >= 0.6 is 0 Å². The van der Waals surface area contributed by atoms with Crippen LogP contribution in [0.3, 0.4) is 0 Å². The zero-order valence-corrected chi connectivity index (χ0v) is 10.3. The van der Waals surface area contributed by atoms with Crippen LogP contribution in [0, 0.1) is 0 Å². The van der Waals surface area contributed by atoms with E-state index in [-0.39, 0.29) is 6.10 Å². The molecule has 2 rings (SSSR count). The quantitative estimate of drug-likeness (QED) is 0.873. The smallest absolute Gasteiger partial charge is 0.125 e. The summed E-state index contributed by atoms with van der Waals surface area (Å²) in [5, 5.41) is 9.93. The van der Waals surface area contributed by atoms with Crippen molar-refractivity contribution in [1.82, 2.24) is 0 Å². The van der Waals surface area contributed by atoms with Crippen molar-refractivity contribution in [3.05, 3.63) is 29.8 Å². The molecule has 1 unspecified atom stereocenters. The molecule has 0 bridgehead atoms. The second-order valence-electron chi connectivity index (χ2n) is 4.42. The van der Waals surface area contributed by atoms with E-state index in [1.165, 1.54) is 0 Å². The second-order valence-corrected chi connectivity index (χ2v) is 4.42. The summed E-state index contributed by atoms with van der Waals surface area (Å²) in [5.41, 5.74) is 0.876. The Bertz CT molecular complexity index is 345. The van der Waals surface area contributed by atoms with Crippen molar-refractivity contribution < 1.29 is 14.6 Å². The molecule has 0 aliphatic carbocycles. The van der Waals surface area contributed by atoms with Gasteiger partial charge in [-0.25, -0.2) is 0 Å². The third-order valence-electron chi connectivity index (χ3n) is 3.08. The predicted molar refractivity (Wildman–Crippen MR) is 66.2 cm³/mol. The Morgan fingerprint density at radius 2 is 2.29 bits per heavy atom. The van der Waals surface area contributed by atoms with E-state index in [2.05, 4.69) is 0 Å². The molecular formula is C14H20O3. The minimum absolute atomic E-state index is 0.119. The maximum absolute atomic E-state index is 9.93. The van der Waals surface area contributed by atoms with Gasteiger partial charge in [-0.15, -0.1) is 0 Å². The van der Waals surface area contributed by atoms with Crippen molar-refractivity contribution >= 4 is 0 Å². The lowest BCUT2D eigenvalue weighted by Gasteiger charge is -2.25. The molecule has 94 valence electrons. The molecule has 0 spiro atoms. The maximum Gasteiger partial charge on any atom is 0.125 e. The molecule has 1 aromatic rings. The average Bonchev–Trinajstić information content (AvgIpc) is 2.40. The zero-order chi connectivity index (χ0) is 12.1. The minimum atomic E-state index is -0.448. The molecular weight excluding hydrogens is 216 g/mol. The number of hydrogen-bond donors (Lipinski definition) is 1. The van der Waals surface area contributed by atoms with Crippen molar-refractivity contribution in [3.8, 4) is 5.75 Å². The topological polar surface area (TPSA) is 38.7 Å². The molecule has 1 fully saturated rings. The van der Waals surface area contributed by atoms with Crippen molar-refractivity contribution in [1.29, 1.82) is 0 Å². The van der Waals surface area contributed by atoms with Crippen molar-refractivity contribution in [2.75, 3.05) is 13.2 Å². The molecule has 2 atom stereocenters. The molecule has 17 heavy (non-hydrogen) atoms. The van der Waals surface area contributed by atoms with Crippen LogP contribution in [0.5, 0.6) is 5.75 Å². The Labute approximate surface area is 102 Å². The van der Waals surface area contributed by atoms with Gasteiger partial charge in [0.15, 0.2) is 0 Å². The Hall–Kier alpha value is -1.06. The third kappa shape index (κ3) is 3.20. The first kappa shape index (κ1) is 12.4.